The molecule has 14 heavy (non-hydrogen) atoms. The first-order chi connectivity index (χ1) is 6.66. The molecule has 76 valence electrons. The smallest absolute Gasteiger partial charge is 0.132 e. The Kier molecular flexibility index (Phi) is 3.89. The normalized spacial score (nSPS) is 9.86. The maximum Gasteiger partial charge on any atom is 0.132 e. The molecule has 0 saturated carbocycles. The highest BCUT2D eigenvalue weighted by atomic mass is 32.1. The van der Waals surface area contributed by atoms with Gasteiger partial charge in [-0.3, -0.25) is 0 Å². The fourth-order valence-electron chi connectivity index (χ4n) is 1.24. The lowest BCUT2D eigenvalue weighted by molar-refractivity contribution is 0.315. The van der Waals surface area contributed by atoms with Crippen molar-refractivity contribution in [2.75, 3.05) is 6.61 Å². The van der Waals surface area contributed by atoms with E-state index in [1.54, 1.807) is 0 Å². The third-order valence-electron chi connectivity index (χ3n) is 1.93. The average Bonchev–Trinajstić information content (AvgIpc) is 2.15. The van der Waals surface area contributed by atoms with Crippen molar-refractivity contribution in [2.45, 2.75) is 20.3 Å². The summed E-state index contributed by atoms with van der Waals surface area (Å²) >= 11 is 4.96. The van der Waals surface area contributed by atoms with E-state index in [4.69, 9.17) is 22.7 Å². The minimum atomic E-state index is 0.389. The van der Waals surface area contributed by atoms with Gasteiger partial charge < -0.3 is 10.5 Å². The molecule has 0 unspecified atom stereocenters. The van der Waals surface area contributed by atoms with Crippen molar-refractivity contribution >= 4 is 17.2 Å². The van der Waals surface area contributed by atoms with Crippen LogP contribution in [0.5, 0.6) is 5.75 Å². The molecule has 1 rings (SSSR count). The molecule has 3 heteroatoms. The van der Waals surface area contributed by atoms with Crippen molar-refractivity contribution in [3.63, 3.8) is 0 Å². The summed E-state index contributed by atoms with van der Waals surface area (Å²) in [7, 11) is 0. The molecule has 0 aliphatic carbocycles. The number of thiocarbonyl (C=S) groups is 1. The van der Waals surface area contributed by atoms with Gasteiger partial charge in [0, 0.05) is 0 Å². The molecular formula is C11H15NOS. The Morgan fingerprint density at radius 2 is 2.21 bits per heavy atom. The third-order valence-corrected chi connectivity index (χ3v) is 2.15. The molecule has 0 amide bonds. The van der Waals surface area contributed by atoms with E-state index in [1.807, 2.05) is 25.1 Å². The largest absolute Gasteiger partial charge is 0.493 e. The number of para-hydroxylation sites is 1. The number of hydrogen-bond acceptors (Lipinski definition) is 2. The van der Waals surface area contributed by atoms with Crippen molar-refractivity contribution in [3.05, 3.63) is 29.3 Å². The first-order valence-corrected chi connectivity index (χ1v) is 5.09. The molecule has 0 spiro atoms. The summed E-state index contributed by atoms with van der Waals surface area (Å²) in [4.78, 5) is 0.389. The minimum Gasteiger partial charge on any atom is -0.493 e. The number of aryl methyl sites for hydroxylation is 1. The molecule has 2 nitrogen and oxygen atoms in total. The second-order valence-corrected chi connectivity index (χ2v) is 3.60. The van der Waals surface area contributed by atoms with Crippen LogP contribution < -0.4 is 10.5 Å². The SMILES string of the molecule is CCCOc1c(C)cccc1C(N)=S. The summed E-state index contributed by atoms with van der Waals surface area (Å²) in [5.74, 6) is 0.821. The van der Waals surface area contributed by atoms with Crippen LogP contribution in [0.15, 0.2) is 18.2 Å². The standard InChI is InChI=1S/C11H15NOS/c1-3-7-13-10-8(2)5-4-6-9(10)11(12)14/h4-6H,3,7H2,1-2H3,(H2,12,14). The van der Waals surface area contributed by atoms with Gasteiger partial charge in [-0.1, -0.05) is 31.3 Å². The van der Waals surface area contributed by atoms with Gasteiger partial charge in [0.2, 0.25) is 0 Å². The van der Waals surface area contributed by atoms with Gasteiger partial charge in [-0.2, -0.15) is 0 Å². The van der Waals surface area contributed by atoms with Crippen LogP contribution in [-0.2, 0) is 0 Å². The second kappa shape index (κ2) is 4.96. The third kappa shape index (κ3) is 2.45. The quantitative estimate of drug-likeness (QED) is 0.773. The van der Waals surface area contributed by atoms with Crippen molar-refractivity contribution in [3.8, 4) is 5.75 Å². The van der Waals surface area contributed by atoms with Gasteiger partial charge in [0.1, 0.15) is 10.7 Å². The van der Waals surface area contributed by atoms with E-state index in [-0.39, 0.29) is 0 Å². The Labute approximate surface area is 90.1 Å². The Bertz CT molecular complexity index is 336. The van der Waals surface area contributed by atoms with E-state index in [0.29, 0.717) is 11.6 Å². The number of ether oxygens (including phenoxy) is 1. The van der Waals surface area contributed by atoms with Crippen LogP contribution in [0.2, 0.25) is 0 Å². The molecule has 0 radical (unpaired) electrons. The van der Waals surface area contributed by atoms with Crippen molar-refractivity contribution in [1.82, 2.24) is 0 Å². The number of benzene rings is 1. The molecule has 0 aliphatic rings. The zero-order valence-electron chi connectivity index (χ0n) is 8.54. The summed E-state index contributed by atoms with van der Waals surface area (Å²) in [5.41, 5.74) is 7.51. The van der Waals surface area contributed by atoms with E-state index in [2.05, 4.69) is 6.92 Å². The van der Waals surface area contributed by atoms with Crippen LogP contribution in [-0.4, -0.2) is 11.6 Å². The zero-order valence-corrected chi connectivity index (χ0v) is 9.36. The molecule has 0 fully saturated rings. The van der Waals surface area contributed by atoms with Crippen LogP contribution in [0.4, 0.5) is 0 Å². The van der Waals surface area contributed by atoms with Gasteiger partial charge in [-0.05, 0) is 25.0 Å². The van der Waals surface area contributed by atoms with Crippen LogP contribution in [0.25, 0.3) is 0 Å². The van der Waals surface area contributed by atoms with Crippen LogP contribution in [0.3, 0.4) is 0 Å². The fourth-order valence-corrected chi connectivity index (χ4v) is 1.40. The maximum absolute atomic E-state index is 5.61. The number of nitrogens with two attached hydrogens (primary N) is 1. The Morgan fingerprint density at radius 1 is 1.50 bits per heavy atom. The Balaban J connectivity index is 3.02. The van der Waals surface area contributed by atoms with Crippen LogP contribution >= 0.6 is 12.2 Å². The minimum absolute atomic E-state index is 0.389. The van der Waals surface area contributed by atoms with Gasteiger partial charge in [-0.25, -0.2) is 0 Å². The van der Waals surface area contributed by atoms with Crippen molar-refractivity contribution in [1.29, 1.82) is 0 Å². The molecule has 0 atom stereocenters. The molecule has 2 N–H and O–H groups in total. The lowest BCUT2D eigenvalue weighted by atomic mass is 10.1. The Morgan fingerprint density at radius 3 is 2.79 bits per heavy atom. The van der Waals surface area contributed by atoms with E-state index in [0.717, 1.165) is 23.3 Å². The van der Waals surface area contributed by atoms with Gasteiger partial charge in [0.05, 0.1) is 12.2 Å². The average molecular weight is 209 g/mol. The molecule has 0 heterocycles. The van der Waals surface area contributed by atoms with E-state index in [1.165, 1.54) is 0 Å². The molecule has 0 aliphatic heterocycles. The predicted octanol–water partition coefficient (Wildman–Crippen LogP) is 2.42. The zero-order chi connectivity index (χ0) is 10.6. The van der Waals surface area contributed by atoms with Gasteiger partial charge in [0.25, 0.3) is 0 Å². The number of hydrogen-bond donors (Lipinski definition) is 1. The lowest BCUT2D eigenvalue weighted by Crippen LogP contribution is -2.12. The summed E-state index contributed by atoms with van der Waals surface area (Å²) in [6.45, 7) is 4.76. The predicted molar refractivity (Wildman–Crippen MR) is 62.9 cm³/mol. The first kappa shape index (κ1) is 11.0. The highest BCUT2D eigenvalue weighted by molar-refractivity contribution is 7.80. The second-order valence-electron chi connectivity index (χ2n) is 3.16. The fraction of sp³-hybridized carbons (Fsp3) is 0.364. The molecule has 0 saturated heterocycles. The molecule has 1 aromatic rings. The Hall–Kier alpha value is -1.09. The van der Waals surface area contributed by atoms with Gasteiger partial charge >= 0.3 is 0 Å². The van der Waals surface area contributed by atoms with Gasteiger partial charge in [0.15, 0.2) is 0 Å². The number of rotatable bonds is 4. The topological polar surface area (TPSA) is 35.2 Å². The van der Waals surface area contributed by atoms with E-state index < -0.39 is 0 Å². The summed E-state index contributed by atoms with van der Waals surface area (Å²) in [5, 5.41) is 0. The van der Waals surface area contributed by atoms with Crippen molar-refractivity contribution < 1.29 is 4.74 Å². The molecule has 1 aromatic carbocycles. The molecular weight excluding hydrogens is 194 g/mol. The molecule has 0 bridgehead atoms. The summed E-state index contributed by atoms with van der Waals surface area (Å²) < 4.78 is 5.61. The highest BCUT2D eigenvalue weighted by Gasteiger charge is 2.08. The van der Waals surface area contributed by atoms with E-state index >= 15 is 0 Å². The lowest BCUT2D eigenvalue weighted by Gasteiger charge is -2.12. The highest BCUT2D eigenvalue weighted by Crippen LogP contribution is 2.23. The first-order valence-electron chi connectivity index (χ1n) is 4.69. The maximum atomic E-state index is 5.61. The molecule has 0 aromatic heterocycles. The monoisotopic (exact) mass is 209 g/mol. The summed E-state index contributed by atoms with van der Waals surface area (Å²) in [6, 6.07) is 5.82. The van der Waals surface area contributed by atoms with Crippen LogP contribution in [0.1, 0.15) is 24.5 Å². The van der Waals surface area contributed by atoms with E-state index in [9.17, 15) is 0 Å². The van der Waals surface area contributed by atoms with Crippen LogP contribution in [0, 0.1) is 6.92 Å². The van der Waals surface area contributed by atoms with Gasteiger partial charge in [-0.15, -0.1) is 0 Å². The van der Waals surface area contributed by atoms with Crippen molar-refractivity contribution in [2.24, 2.45) is 5.73 Å². The summed E-state index contributed by atoms with van der Waals surface area (Å²) in [6.07, 6.45) is 0.977.